The van der Waals surface area contributed by atoms with E-state index in [-0.39, 0.29) is 6.61 Å². The average Bonchev–Trinajstić information content (AvgIpc) is 2.61. The van der Waals surface area contributed by atoms with Crippen molar-refractivity contribution in [3.05, 3.63) is 0 Å². The Morgan fingerprint density at radius 2 is 2.12 bits per heavy atom. The SMILES string of the molecule is O=C1OCC(COS(=O)(=O)C(F)(F)CF)O1. The highest BCUT2D eigenvalue weighted by Crippen LogP contribution is 2.24. The third-order valence-electron chi connectivity index (χ3n) is 1.58. The molecule has 94 valence electrons. The molecule has 0 aliphatic carbocycles. The molecule has 0 amide bonds. The second kappa shape index (κ2) is 4.45. The van der Waals surface area contributed by atoms with Gasteiger partial charge in [-0.05, 0) is 0 Å². The van der Waals surface area contributed by atoms with Crippen LogP contribution in [0.2, 0.25) is 0 Å². The Hall–Kier alpha value is -1.03. The fourth-order valence-corrected chi connectivity index (χ4v) is 1.40. The molecular weight excluding hydrogens is 257 g/mol. The van der Waals surface area contributed by atoms with Gasteiger partial charge in [0.2, 0.25) is 0 Å². The van der Waals surface area contributed by atoms with E-state index in [1.807, 2.05) is 0 Å². The van der Waals surface area contributed by atoms with Gasteiger partial charge in [-0.3, -0.25) is 4.18 Å². The minimum Gasteiger partial charge on any atom is -0.430 e. The molecule has 1 heterocycles. The Bertz CT molecular complexity index is 366. The van der Waals surface area contributed by atoms with Gasteiger partial charge in [-0.1, -0.05) is 0 Å². The van der Waals surface area contributed by atoms with Crippen molar-refractivity contribution in [3.8, 4) is 0 Å². The summed E-state index contributed by atoms with van der Waals surface area (Å²) in [6.07, 6.45) is -2.15. The van der Waals surface area contributed by atoms with Crippen LogP contribution in [0.25, 0.3) is 0 Å². The van der Waals surface area contributed by atoms with Gasteiger partial charge in [0.1, 0.15) is 13.2 Å². The van der Waals surface area contributed by atoms with Crippen molar-refractivity contribution >= 4 is 16.3 Å². The highest BCUT2D eigenvalue weighted by molar-refractivity contribution is 7.87. The lowest BCUT2D eigenvalue weighted by Crippen LogP contribution is -2.35. The van der Waals surface area contributed by atoms with Crippen LogP contribution in [-0.4, -0.2) is 45.8 Å². The molecule has 1 aliphatic rings. The molecule has 1 unspecified atom stereocenters. The largest absolute Gasteiger partial charge is 0.508 e. The van der Waals surface area contributed by atoms with Crippen LogP contribution in [0.5, 0.6) is 0 Å². The smallest absolute Gasteiger partial charge is 0.430 e. The van der Waals surface area contributed by atoms with E-state index in [1.165, 1.54) is 0 Å². The first-order valence-electron chi connectivity index (χ1n) is 3.94. The van der Waals surface area contributed by atoms with E-state index >= 15 is 0 Å². The molecule has 1 fully saturated rings. The molecule has 1 aliphatic heterocycles. The molecule has 0 radical (unpaired) electrons. The fourth-order valence-electron chi connectivity index (χ4n) is 0.766. The van der Waals surface area contributed by atoms with Crippen molar-refractivity contribution < 1.29 is 40.0 Å². The topological polar surface area (TPSA) is 78.9 Å². The molecule has 0 aromatic heterocycles. The predicted molar refractivity (Wildman–Crippen MR) is 42.0 cm³/mol. The summed E-state index contributed by atoms with van der Waals surface area (Å²) in [5, 5.41) is -4.61. The minimum atomic E-state index is -5.37. The van der Waals surface area contributed by atoms with Crippen LogP contribution in [0, 0.1) is 0 Å². The van der Waals surface area contributed by atoms with Crippen molar-refractivity contribution in [2.24, 2.45) is 0 Å². The van der Waals surface area contributed by atoms with E-state index in [0.29, 0.717) is 0 Å². The van der Waals surface area contributed by atoms with E-state index in [9.17, 15) is 26.4 Å². The first-order chi connectivity index (χ1) is 7.28. The molecule has 0 bridgehead atoms. The Balaban J connectivity index is 2.52. The van der Waals surface area contributed by atoms with Gasteiger partial charge in [-0.25, -0.2) is 9.18 Å². The number of carbonyl (C=O) groups is 1. The van der Waals surface area contributed by atoms with Crippen LogP contribution in [0.1, 0.15) is 0 Å². The molecule has 1 saturated heterocycles. The molecule has 0 saturated carbocycles. The lowest BCUT2D eigenvalue weighted by Gasteiger charge is -2.13. The quantitative estimate of drug-likeness (QED) is 0.529. The van der Waals surface area contributed by atoms with Gasteiger partial charge in [-0.2, -0.15) is 17.2 Å². The zero-order valence-corrected chi connectivity index (χ0v) is 8.51. The molecule has 1 atom stereocenters. The summed E-state index contributed by atoms with van der Waals surface area (Å²) in [5.41, 5.74) is 0. The van der Waals surface area contributed by atoms with Crippen molar-refractivity contribution in [2.75, 3.05) is 19.9 Å². The van der Waals surface area contributed by atoms with Crippen LogP contribution < -0.4 is 0 Å². The maximum absolute atomic E-state index is 12.5. The highest BCUT2D eigenvalue weighted by Gasteiger charge is 2.47. The van der Waals surface area contributed by atoms with Crippen LogP contribution in [-0.2, 0) is 23.8 Å². The van der Waals surface area contributed by atoms with Gasteiger partial charge in [0.25, 0.3) is 0 Å². The third-order valence-corrected chi connectivity index (χ3v) is 2.87. The summed E-state index contributed by atoms with van der Waals surface area (Å²) in [7, 11) is -5.37. The maximum atomic E-state index is 12.5. The second-order valence-corrected chi connectivity index (χ2v) is 4.55. The van der Waals surface area contributed by atoms with Crippen molar-refractivity contribution in [3.63, 3.8) is 0 Å². The molecule has 0 spiro atoms. The average molecular weight is 264 g/mol. The first kappa shape index (κ1) is 13.0. The Kier molecular flexibility index (Phi) is 3.63. The Labute approximate surface area is 88.4 Å². The van der Waals surface area contributed by atoms with Gasteiger partial charge >= 0.3 is 21.5 Å². The van der Waals surface area contributed by atoms with Gasteiger partial charge < -0.3 is 9.47 Å². The number of hydrogen-bond donors (Lipinski definition) is 0. The predicted octanol–water partition coefficient (Wildman–Crippen LogP) is 0.430. The molecule has 0 aromatic carbocycles. The molecule has 16 heavy (non-hydrogen) atoms. The normalized spacial score (nSPS) is 21.7. The minimum absolute atomic E-state index is 0.310. The number of ether oxygens (including phenoxy) is 2. The van der Waals surface area contributed by atoms with E-state index in [1.54, 1.807) is 0 Å². The van der Waals surface area contributed by atoms with Gasteiger partial charge in [0.05, 0.1) is 0 Å². The van der Waals surface area contributed by atoms with Gasteiger partial charge in [0, 0.05) is 0 Å². The molecule has 6 nitrogen and oxygen atoms in total. The summed E-state index contributed by atoms with van der Waals surface area (Å²) < 4.78 is 70.5. The standard InChI is InChI=1S/C6H7F3O6S/c7-3-6(8,9)16(11,12)14-2-4-1-13-5(10)15-4/h4H,1-3H2. The number of carbonyl (C=O) groups excluding carboxylic acids is 1. The van der Waals surface area contributed by atoms with E-state index in [4.69, 9.17) is 0 Å². The van der Waals surface area contributed by atoms with Crippen molar-refractivity contribution in [2.45, 2.75) is 11.4 Å². The van der Waals surface area contributed by atoms with Crippen LogP contribution >= 0.6 is 0 Å². The lowest BCUT2D eigenvalue weighted by molar-refractivity contribution is 0.0394. The Morgan fingerprint density at radius 1 is 1.50 bits per heavy atom. The fraction of sp³-hybridized carbons (Fsp3) is 0.833. The summed E-state index contributed by atoms with van der Waals surface area (Å²) in [4.78, 5) is 10.4. The van der Waals surface area contributed by atoms with Crippen LogP contribution in [0.3, 0.4) is 0 Å². The Morgan fingerprint density at radius 3 is 2.56 bits per heavy atom. The molecular formula is C6H7F3O6S. The van der Waals surface area contributed by atoms with E-state index in [0.717, 1.165) is 0 Å². The van der Waals surface area contributed by atoms with Gasteiger partial charge in [0.15, 0.2) is 12.8 Å². The number of rotatable bonds is 5. The molecule has 10 heteroatoms. The number of halogens is 3. The lowest BCUT2D eigenvalue weighted by atomic mass is 10.4. The van der Waals surface area contributed by atoms with Crippen molar-refractivity contribution in [1.82, 2.24) is 0 Å². The zero-order chi connectivity index (χ0) is 12.4. The third kappa shape index (κ3) is 2.76. The van der Waals surface area contributed by atoms with Crippen LogP contribution in [0.15, 0.2) is 0 Å². The van der Waals surface area contributed by atoms with Crippen molar-refractivity contribution in [1.29, 1.82) is 0 Å². The maximum Gasteiger partial charge on any atom is 0.508 e. The van der Waals surface area contributed by atoms with E-state index in [2.05, 4.69) is 13.7 Å². The summed E-state index contributed by atoms with van der Waals surface area (Å²) >= 11 is 0. The molecule has 0 aromatic rings. The highest BCUT2D eigenvalue weighted by atomic mass is 32.2. The summed E-state index contributed by atoms with van der Waals surface area (Å²) in [5.74, 6) is 0. The summed E-state index contributed by atoms with van der Waals surface area (Å²) in [6, 6.07) is 0. The first-order valence-corrected chi connectivity index (χ1v) is 5.35. The van der Waals surface area contributed by atoms with E-state index < -0.39 is 40.9 Å². The molecule has 0 N–H and O–H groups in total. The monoisotopic (exact) mass is 264 g/mol. The number of alkyl halides is 3. The molecule has 1 rings (SSSR count). The number of hydrogen-bond acceptors (Lipinski definition) is 6. The van der Waals surface area contributed by atoms with Crippen LogP contribution in [0.4, 0.5) is 18.0 Å². The van der Waals surface area contributed by atoms with Gasteiger partial charge in [-0.15, -0.1) is 0 Å². The zero-order valence-electron chi connectivity index (χ0n) is 7.69. The number of cyclic esters (lactones) is 2. The summed E-state index contributed by atoms with van der Waals surface area (Å²) in [6.45, 7) is -3.55. The second-order valence-electron chi connectivity index (χ2n) is 2.81.